The van der Waals surface area contributed by atoms with E-state index in [4.69, 9.17) is 19.4 Å². The zero-order valence-corrected chi connectivity index (χ0v) is 27.3. The lowest BCUT2D eigenvalue weighted by atomic mass is 9.93. The molecule has 0 amide bonds. The van der Waals surface area contributed by atoms with Crippen molar-refractivity contribution in [2.45, 2.75) is 115 Å². The first-order valence-corrected chi connectivity index (χ1v) is 16.0. The van der Waals surface area contributed by atoms with Crippen molar-refractivity contribution in [2.75, 3.05) is 41.9 Å². The minimum absolute atomic E-state index is 0.260. The second-order valence-electron chi connectivity index (χ2n) is 13.5. The summed E-state index contributed by atoms with van der Waals surface area (Å²) in [7, 11) is 10.3. The van der Waals surface area contributed by atoms with Crippen LogP contribution in [-0.2, 0) is 22.6 Å². The molecule has 6 atom stereocenters. The maximum Gasteiger partial charge on any atom is 0.0617 e. The summed E-state index contributed by atoms with van der Waals surface area (Å²) in [6.07, 6.45) is 7.38. The second-order valence-corrected chi connectivity index (χ2v) is 13.5. The molecule has 4 rings (SSSR count). The largest absolute Gasteiger partial charge is 0.381 e. The summed E-state index contributed by atoms with van der Waals surface area (Å²) >= 11 is 0. The molecule has 2 saturated carbocycles. The van der Waals surface area contributed by atoms with Crippen LogP contribution in [0.1, 0.15) is 124 Å². The van der Waals surface area contributed by atoms with Gasteiger partial charge in [-0.1, -0.05) is 39.8 Å². The van der Waals surface area contributed by atoms with Crippen molar-refractivity contribution < 1.29 is 9.47 Å². The first-order valence-electron chi connectivity index (χ1n) is 16.0. The van der Waals surface area contributed by atoms with Crippen molar-refractivity contribution in [1.82, 2.24) is 19.8 Å². The average molecular weight is 565 g/mol. The molecule has 0 spiro atoms. The summed E-state index contributed by atoms with van der Waals surface area (Å²) < 4.78 is 11.8. The molecule has 0 bridgehead atoms. The highest BCUT2D eigenvalue weighted by atomic mass is 16.5. The second kappa shape index (κ2) is 14.5. The summed E-state index contributed by atoms with van der Waals surface area (Å²) in [6, 6.07) is 9.26. The molecule has 0 aliphatic heterocycles. The van der Waals surface area contributed by atoms with Gasteiger partial charge in [0, 0.05) is 45.2 Å². The Morgan fingerprint density at radius 1 is 0.805 bits per heavy atom. The number of hydrogen-bond acceptors (Lipinski definition) is 6. The Morgan fingerprint density at radius 3 is 2.07 bits per heavy atom. The fraction of sp³-hybridized carbons (Fsp3) is 0.714. The molecule has 2 aliphatic rings. The average Bonchev–Trinajstić information content (AvgIpc) is 3.59. The minimum Gasteiger partial charge on any atom is -0.381 e. The third-order valence-electron chi connectivity index (χ3n) is 9.73. The molecule has 6 heteroatoms. The smallest absolute Gasteiger partial charge is 0.0617 e. The number of pyridine rings is 2. The Labute approximate surface area is 250 Å². The van der Waals surface area contributed by atoms with Crippen LogP contribution in [-0.4, -0.2) is 73.9 Å². The zero-order chi connectivity index (χ0) is 29.7. The van der Waals surface area contributed by atoms with E-state index in [0.29, 0.717) is 35.7 Å². The third kappa shape index (κ3) is 7.95. The summed E-state index contributed by atoms with van der Waals surface area (Å²) in [6.45, 7) is 11.8. The van der Waals surface area contributed by atoms with Crippen molar-refractivity contribution >= 4 is 0 Å². The highest BCUT2D eigenvalue weighted by molar-refractivity contribution is 5.31. The van der Waals surface area contributed by atoms with Gasteiger partial charge in [-0.25, -0.2) is 0 Å². The van der Waals surface area contributed by atoms with Crippen LogP contribution in [0.4, 0.5) is 0 Å². The standard InChI is InChI=1S/C35H56N4O2/c1-10-24(4)32-16-14-29(25-11-12-28(18-25)40-8)34(37-32)22-39(7)20-27-17-26(19-35(27)41-9)30-13-15-31(23(2)3)36-33(30)21-38(5)6/h13-16,23-28,35H,10-12,17-22H2,1-9H3/t24?,25-,26+,27?,28-,35+/m0/s1. The normalized spacial score (nSPS) is 25.6. The fourth-order valence-corrected chi connectivity index (χ4v) is 7.14. The monoisotopic (exact) mass is 564 g/mol. The minimum atomic E-state index is 0.260. The summed E-state index contributed by atoms with van der Waals surface area (Å²) in [4.78, 5) is 15.2. The zero-order valence-electron chi connectivity index (χ0n) is 27.3. The fourth-order valence-electron chi connectivity index (χ4n) is 7.14. The first-order chi connectivity index (χ1) is 19.6. The van der Waals surface area contributed by atoms with Crippen LogP contribution in [0.25, 0.3) is 0 Å². The van der Waals surface area contributed by atoms with Crippen molar-refractivity contribution in [3.05, 3.63) is 58.2 Å². The van der Waals surface area contributed by atoms with E-state index >= 15 is 0 Å². The molecule has 6 nitrogen and oxygen atoms in total. The van der Waals surface area contributed by atoms with E-state index < -0.39 is 0 Å². The van der Waals surface area contributed by atoms with E-state index in [0.717, 1.165) is 51.7 Å². The van der Waals surface area contributed by atoms with E-state index in [1.54, 1.807) is 0 Å². The summed E-state index contributed by atoms with van der Waals surface area (Å²) in [5.74, 6) is 2.42. The molecule has 0 radical (unpaired) electrons. The van der Waals surface area contributed by atoms with Gasteiger partial charge in [0.05, 0.1) is 23.6 Å². The van der Waals surface area contributed by atoms with Gasteiger partial charge >= 0.3 is 0 Å². The van der Waals surface area contributed by atoms with Gasteiger partial charge < -0.3 is 19.3 Å². The van der Waals surface area contributed by atoms with Gasteiger partial charge in [-0.2, -0.15) is 0 Å². The van der Waals surface area contributed by atoms with Crippen molar-refractivity contribution in [3.8, 4) is 0 Å². The molecule has 0 N–H and O–H groups in total. The predicted octanol–water partition coefficient (Wildman–Crippen LogP) is 7.10. The maximum absolute atomic E-state index is 6.12. The van der Waals surface area contributed by atoms with Gasteiger partial charge in [0.2, 0.25) is 0 Å². The Morgan fingerprint density at radius 2 is 1.46 bits per heavy atom. The van der Waals surface area contributed by atoms with Crippen LogP contribution in [0.3, 0.4) is 0 Å². The topological polar surface area (TPSA) is 50.7 Å². The van der Waals surface area contributed by atoms with E-state index in [-0.39, 0.29) is 6.10 Å². The van der Waals surface area contributed by atoms with Crippen molar-refractivity contribution in [2.24, 2.45) is 5.92 Å². The number of aromatic nitrogens is 2. The van der Waals surface area contributed by atoms with E-state index in [1.807, 2.05) is 14.2 Å². The van der Waals surface area contributed by atoms with Crippen LogP contribution in [0.15, 0.2) is 24.3 Å². The van der Waals surface area contributed by atoms with Gasteiger partial charge in [0.1, 0.15) is 0 Å². The van der Waals surface area contributed by atoms with Crippen LogP contribution in [0.5, 0.6) is 0 Å². The lowest BCUT2D eigenvalue weighted by Gasteiger charge is -2.26. The maximum atomic E-state index is 6.12. The van der Waals surface area contributed by atoms with E-state index in [9.17, 15) is 0 Å². The molecule has 2 heterocycles. The highest BCUT2D eigenvalue weighted by Crippen LogP contribution is 2.42. The Balaban J connectivity index is 1.51. The molecule has 0 saturated heterocycles. The van der Waals surface area contributed by atoms with Crippen LogP contribution >= 0.6 is 0 Å². The molecule has 2 aliphatic carbocycles. The SMILES string of the molecule is CCC(C)c1ccc([C@H]2CC[C@H](OC)C2)c(CN(C)CC2C[C@@H](c3ccc(C(C)C)nc3CN(C)C)C[C@H]2OC)n1. The van der Waals surface area contributed by atoms with E-state index in [1.165, 1.54) is 40.3 Å². The molecule has 2 unspecified atom stereocenters. The van der Waals surface area contributed by atoms with Gasteiger partial charge in [-0.3, -0.25) is 9.97 Å². The summed E-state index contributed by atoms with van der Waals surface area (Å²) in [5, 5.41) is 0. The Bertz CT molecular complexity index is 1120. The summed E-state index contributed by atoms with van der Waals surface area (Å²) in [5.41, 5.74) is 7.75. The molecule has 0 aromatic carbocycles. The lowest BCUT2D eigenvalue weighted by Crippen LogP contribution is -2.31. The molecule has 2 fully saturated rings. The number of hydrogen-bond donors (Lipinski definition) is 0. The lowest BCUT2D eigenvalue weighted by molar-refractivity contribution is 0.0566. The molecule has 41 heavy (non-hydrogen) atoms. The Kier molecular flexibility index (Phi) is 11.4. The third-order valence-corrected chi connectivity index (χ3v) is 9.73. The molecular weight excluding hydrogens is 508 g/mol. The predicted molar refractivity (Wildman–Crippen MR) is 169 cm³/mol. The van der Waals surface area contributed by atoms with Crippen LogP contribution in [0, 0.1) is 5.92 Å². The van der Waals surface area contributed by atoms with Gasteiger partial charge in [-0.15, -0.1) is 0 Å². The van der Waals surface area contributed by atoms with Gasteiger partial charge in [0.25, 0.3) is 0 Å². The van der Waals surface area contributed by atoms with Gasteiger partial charge in [0.15, 0.2) is 0 Å². The first kappa shape index (κ1) is 32.1. The number of rotatable bonds is 13. The van der Waals surface area contributed by atoms with Crippen LogP contribution in [0.2, 0.25) is 0 Å². The number of nitrogens with zero attached hydrogens (tertiary/aromatic N) is 4. The van der Waals surface area contributed by atoms with E-state index in [2.05, 4.69) is 82.9 Å². The molecule has 2 aromatic rings. The molecular formula is C35H56N4O2. The molecule has 2 aromatic heterocycles. The van der Waals surface area contributed by atoms with Crippen molar-refractivity contribution in [1.29, 1.82) is 0 Å². The number of ether oxygens (including phenoxy) is 2. The van der Waals surface area contributed by atoms with Crippen LogP contribution < -0.4 is 0 Å². The number of methoxy groups -OCH3 is 2. The molecule has 228 valence electrons. The quantitative estimate of drug-likeness (QED) is 0.259. The highest BCUT2D eigenvalue weighted by Gasteiger charge is 2.37. The van der Waals surface area contributed by atoms with Gasteiger partial charge in [-0.05, 0) is 113 Å². The van der Waals surface area contributed by atoms with Crippen molar-refractivity contribution in [3.63, 3.8) is 0 Å². The Hall–Kier alpha value is -1.86.